The molecule has 1 aromatic carbocycles. The molecule has 1 aromatic heterocycles. The predicted octanol–water partition coefficient (Wildman–Crippen LogP) is 3.52. The van der Waals surface area contributed by atoms with Gasteiger partial charge in [0.15, 0.2) is 5.13 Å². The van der Waals surface area contributed by atoms with Gasteiger partial charge in [0.05, 0.1) is 16.1 Å². The highest BCUT2D eigenvalue weighted by Gasteiger charge is 2.33. The zero-order valence-electron chi connectivity index (χ0n) is 14.3. The van der Waals surface area contributed by atoms with E-state index in [0.717, 1.165) is 29.6 Å². The van der Waals surface area contributed by atoms with Gasteiger partial charge < -0.3 is 10.2 Å². The first-order valence-corrected chi connectivity index (χ1v) is 9.12. The molecule has 0 aliphatic carbocycles. The van der Waals surface area contributed by atoms with Gasteiger partial charge in [0.2, 0.25) is 11.8 Å². The Morgan fingerprint density at radius 1 is 1.29 bits per heavy atom. The van der Waals surface area contributed by atoms with Gasteiger partial charge in [-0.2, -0.15) is 0 Å². The van der Waals surface area contributed by atoms with E-state index in [-0.39, 0.29) is 17.7 Å². The molecule has 3 rings (SSSR count). The van der Waals surface area contributed by atoms with Gasteiger partial charge in [0, 0.05) is 18.5 Å². The van der Waals surface area contributed by atoms with E-state index in [1.807, 2.05) is 49.9 Å². The highest BCUT2D eigenvalue weighted by molar-refractivity contribution is 7.22. The van der Waals surface area contributed by atoms with Crippen molar-refractivity contribution in [2.24, 2.45) is 11.3 Å². The Bertz CT molecular complexity index is 730. The Kier molecular flexibility index (Phi) is 4.58. The largest absolute Gasteiger partial charge is 0.341 e. The molecule has 1 unspecified atom stereocenters. The van der Waals surface area contributed by atoms with Crippen molar-refractivity contribution in [1.29, 1.82) is 0 Å². The number of nitrogens with one attached hydrogen (secondary N) is 1. The molecule has 2 amide bonds. The number of thiazole rings is 1. The van der Waals surface area contributed by atoms with Crippen molar-refractivity contribution in [2.75, 3.05) is 18.4 Å². The molecule has 1 aliphatic heterocycles. The minimum Gasteiger partial charge on any atom is -0.341 e. The number of likely N-dealkylation sites (tertiary alicyclic amines) is 1. The predicted molar refractivity (Wildman–Crippen MR) is 97.0 cm³/mol. The Morgan fingerprint density at radius 2 is 2.04 bits per heavy atom. The second-order valence-corrected chi connectivity index (χ2v) is 8.35. The van der Waals surface area contributed by atoms with Crippen LogP contribution in [-0.4, -0.2) is 34.8 Å². The van der Waals surface area contributed by atoms with Gasteiger partial charge in [-0.3, -0.25) is 9.59 Å². The topological polar surface area (TPSA) is 62.3 Å². The van der Waals surface area contributed by atoms with Gasteiger partial charge in [-0.15, -0.1) is 0 Å². The van der Waals surface area contributed by atoms with Crippen LogP contribution in [0, 0.1) is 11.3 Å². The summed E-state index contributed by atoms with van der Waals surface area (Å²) in [5.74, 6) is -0.0995. The van der Waals surface area contributed by atoms with E-state index in [4.69, 9.17) is 0 Å². The fraction of sp³-hybridized carbons (Fsp3) is 0.500. The number of carbonyl (C=O) groups excluding carboxylic acids is 2. The summed E-state index contributed by atoms with van der Waals surface area (Å²) in [7, 11) is 0. The number of amides is 2. The summed E-state index contributed by atoms with van der Waals surface area (Å²) >= 11 is 1.48. The number of para-hydroxylation sites is 1. The molecule has 0 spiro atoms. The Hall–Kier alpha value is -1.95. The standard InChI is InChI=1S/C18H23N3O2S/c1-18(2,3)16(23)21-10-6-7-12(11-21)15(22)20-17-19-13-8-4-5-9-14(13)24-17/h4-5,8-9,12H,6-7,10-11H2,1-3H3,(H,19,20,22). The SMILES string of the molecule is CC(C)(C)C(=O)N1CCCC(C(=O)Nc2nc3ccccc3s2)C1. The van der Waals surface area contributed by atoms with Crippen LogP contribution in [0.5, 0.6) is 0 Å². The number of hydrogen-bond donors (Lipinski definition) is 1. The van der Waals surface area contributed by atoms with Crippen LogP contribution in [0.4, 0.5) is 5.13 Å². The molecule has 1 fully saturated rings. The van der Waals surface area contributed by atoms with Crippen LogP contribution in [0.3, 0.4) is 0 Å². The van der Waals surface area contributed by atoms with Crippen molar-refractivity contribution >= 4 is 38.5 Å². The summed E-state index contributed by atoms with van der Waals surface area (Å²) < 4.78 is 1.06. The third-order valence-electron chi connectivity index (χ3n) is 4.25. The van der Waals surface area contributed by atoms with Crippen LogP contribution in [0.15, 0.2) is 24.3 Å². The van der Waals surface area contributed by atoms with E-state index in [1.54, 1.807) is 0 Å². The lowest BCUT2D eigenvalue weighted by atomic mass is 9.91. The second kappa shape index (κ2) is 6.51. The van der Waals surface area contributed by atoms with Gasteiger partial charge in [-0.1, -0.05) is 44.2 Å². The molecule has 5 nitrogen and oxygen atoms in total. The van der Waals surface area contributed by atoms with E-state index in [0.29, 0.717) is 11.7 Å². The number of carbonyl (C=O) groups is 2. The van der Waals surface area contributed by atoms with E-state index < -0.39 is 5.41 Å². The maximum Gasteiger partial charge on any atom is 0.231 e. The van der Waals surface area contributed by atoms with E-state index in [9.17, 15) is 9.59 Å². The Labute approximate surface area is 146 Å². The average molecular weight is 345 g/mol. The number of piperidine rings is 1. The third-order valence-corrected chi connectivity index (χ3v) is 5.20. The number of aromatic nitrogens is 1. The fourth-order valence-corrected chi connectivity index (χ4v) is 3.85. The minimum absolute atomic E-state index is 0.0412. The lowest BCUT2D eigenvalue weighted by molar-refractivity contribution is -0.142. The smallest absolute Gasteiger partial charge is 0.231 e. The Balaban J connectivity index is 1.67. The lowest BCUT2D eigenvalue weighted by Gasteiger charge is -2.35. The highest BCUT2D eigenvalue weighted by Crippen LogP contribution is 2.28. The highest BCUT2D eigenvalue weighted by atomic mass is 32.1. The molecule has 0 bridgehead atoms. The van der Waals surface area contributed by atoms with Crippen molar-refractivity contribution in [1.82, 2.24) is 9.88 Å². The van der Waals surface area contributed by atoms with Crippen molar-refractivity contribution < 1.29 is 9.59 Å². The molecule has 1 atom stereocenters. The molecule has 24 heavy (non-hydrogen) atoms. The molecule has 1 aliphatic rings. The lowest BCUT2D eigenvalue weighted by Crippen LogP contribution is -2.47. The molecular formula is C18H23N3O2S. The van der Waals surface area contributed by atoms with Crippen molar-refractivity contribution in [3.8, 4) is 0 Å². The molecule has 128 valence electrons. The van der Waals surface area contributed by atoms with Gasteiger partial charge in [-0.25, -0.2) is 4.98 Å². The quantitative estimate of drug-likeness (QED) is 0.906. The first kappa shape index (κ1) is 16.9. The van der Waals surface area contributed by atoms with Crippen LogP contribution in [0.1, 0.15) is 33.6 Å². The normalized spacial score (nSPS) is 18.6. The molecule has 2 heterocycles. The van der Waals surface area contributed by atoms with Crippen LogP contribution in [0.25, 0.3) is 10.2 Å². The van der Waals surface area contributed by atoms with Crippen molar-refractivity contribution in [3.63, 3.8) is 0 Å². The van der Waals surface area contributed by atoms with E-state index in [1.165, 1.54) is 11.3 Å². The maximum atomic E-state index is 12.6. The minimum atomic E-state index is -0.411. The summed E-state index contributed by atoms with van der Waals surface area (Å²) in [6, 6.07) is 7.83. The fourth-order valence-electron chi connectivity index (χ4n) is 2.98. The third kappa shape index (κ3) is 3.59. The van der Waals surface area contributed by atoms with Gasteiger partial charge in [0.1, 0.15) is 0 Å². The second-order valence-electron chi connectivity index (χ2n) is 7.32. The first-order chi connectivity index (χ1) is 11.3. The molecule has 1 saturated heterocycles. The number of nitrogens with zero attached hydrogens (tertiary/aromatic N) is 2. The average Bonchev–Trinajstić information content (AvgIpc) is 2.95. The van der Waals surface area contributed by atoms with E-state index >= 15 is 0 Å². The zero-order valence-corrected chi connectivity index (χ0v) is 15.2. The van der Waals surface area contributed by atoms with Gasteiger partial charge >= 0.3 is 0 Å². The molecular weight excluding hydrogens is 322 g/mol. The van der Waals surface area contributed by atoms with Gasteiger partial charge in [0.25, 0.3) is 0 Å². The van der Waals surface area contributed by atoms with Crippen LogP contribution in [0.2, 0.25) is 0 Å². The Morgan fingerprint density at radius 3 is 2.75 bits per heavy atom. The molecule has 0 radical (unpaired) electrons. The number of fused-ring (bicyclic) bond motifs is 1. The molecule has 2 aromatic rings. The van der Waals surface area contributed by atoms with Crippen molar-refractivity contribution in [2.45, 2.75) is 33.6 Å². The zero-order chi connectivity index (χ0) is 17.3. The van der Waals surface area contributed by atoms with Gasteiger partial charge in [-0.05, 0) is 25.0 Å². The molecule has 1 N–H and O–H groups in total. The monoisotopic (exact) mass is 345 g/mol. The van der Waals surface area contributed by atoms with Crippen LogP contribution < -0.4 is 5.32 Å². The summed E-state index contributed by atoms with van der Waals surface area (Å²) in [5.41, 5.74) is 0.483. The number of benzene rings is 1. The number of anilines is 1. The summed E-state index contributed by atoms with van der Waals surface area (Å²) in [6.07, 6.45) is 1.67. The number of rotatable bonds is 2. The summed E-state index contributed by atoms with van der Waals surface area (Å²) in [4.78, 5) is 31.3. The molecule has 0 saturated carbocycles. The van der Waals surface area contributed by atoms with E-state index in [2.05, 4.69) is 10.3 Å². The summed E-state index contributed by atoms with van der Waals surface area (Å²) in [6.45, 7) is 6.98. The number of hydrogen-bond acceptors (Lipinski definition) is 4. The maximum absolute atomic E-state index is 12.6. The van der Waals surface area contributed by atoms with Crippen LogP contribution >= 0.6 is 11.3 Å². The first-order valence-electron chi connectivity index (χ1n) is 8.30. The van der Waals surface area contributed by atoms with Crippen LogP contribution in [-0.2, 0) is 9.59 Å². The molecule has 6 heteroatoms. The summed E-state index contributed by atoms with van der Waals surface area (Å²) in [5, 5.41) is 3.56. The van der Waals surface area contributed by atoms with Crippen molar-refractivity contribution in [3.05, 3.63) is 24.3 Å².